The minimum absolute atomic E-state index is 0.0578. The average Bonchev–Trinajstić information content (AvgIpc) is 2.70. The Bertz CT molecular complexity index is 709. The molecule has 4 N–H and O–H groups in total. The van der Waals surface area contributed by atoms with Crippen LogP contribution in [0.25, 0.3) is 11.2 Å². The number of nitrogens with one attached hydrogen (secondary N) is 1. The molecular formula is C8H11FN5O5P. The molecule has 0 fully saturated rings. The molecule has 12 heteroatoms. The molecule has 1 atom stereocenters. The van der Waals surface area contributed by atoms with E-state index in [0.717, 1.165) is 0 Å². The number of halogens is 1. The Kier molecular flexibility index (Phi) is 4.14. The van der Waals surface area contributed by atoms with Crippen molar-refractivity contribution in [3.05, 3.63) is 16.7 Å². The zero-order valence-electron chi connectivity index (χ0n) is 10.0. The molecule has 2 aromatic heterocycles. The number of nitrogens with zero attached hydrogens (tertiary/aromatic N) is 3. The molecule has 0 saturated heterocycles. The standard InChI is InChI=1S/C8H11FN5O5P/c9-20(16,17)19-2-1-18-4-14-3-11-5-6(14)12-8(10)13-7(5)15/h3H,1-2,4H2,(H,16,17)(H3,10,12,13,15). The van der Waals surface area contributed by atoms with E-state index in [-0.39, 0.29) is 30.4 Å². The zero-order chi connectivity index (χ0) is 14.8. The van der Waals surface area contributed by atoms with Crippen molar-refractivity contribution in [3.8, 4) is 0 Å². The van der Waals surface area contributed by atoms with Crippen molar-refractivity contribution >= 4 is 25.0 Å². The van der Waals surface area contributed by atoms with Gasteiger partial charge in [-0.3, -0.25) is 23.8 Å². The maximum Gasteiger partial charge on any atom is 0.510 e. The summed E-state index contributed by atoms with van der Waals surface area (Å²) in [5.41, 5.74) is 5.26. The number of aromatic nitrogens is 4. The maximum atomic E-state index is 12.1. The van der Waals surface area contributed by atoms with E-state index in [1.807, 2.05) is 0 Å². The van der Waals surface area contributed by atoms with Crippen LogP contribution >= 0.6 is 7.91 Å². The topological polar surface area (TPSA) is 145 Å². The van der Waals surface area contributed by atoms with Gasteiger partial charge in [0.25, 0.3) is 5.56 Å². The predicted molar refractivity (Wildman–Crippen MR) is 65.4 cm³/mol. The normalized spacial score (nSPS) is 14.5. The second-order valence-electron chi connectivity index (χ2n) is 3.66. The summed E-state index contributed by atoms with van der Waals surface area (Å²) in [7, 11) is -4.99. The first-order valence-corrected chi connectivity index (χ1v) is 6.79. The number of H-pyrrole nitrogens is 1. The van der Waals surface area contributed by atoms with E-state index >= 15 is 0 Å². The first-order chi connectivity index (χ1) is 9.37. The van der Waals surface area contributed by atoms with Gasteiger partial charge >= 0.3 is 7.91 Å². The summed E-state index contributed by atoms with van der Waals surface area (Å²) in [6.45, 7) is -0.586. The maximum absolute atomic E-state index is 12.1. The minimum Gasteiger partial charge on any atom is -0.369 e. The van der Waals surface area contributed by atoms with Gasteiger partial charge in [-0.05, 0) is 0 Å². The van der Waals surface area contributed by atoms with Crippen LogP contribution < -0.4 is 11.3 Å². The molecule has 1 unspecified atom stereocenters. The van der Waals surface area contributed by atoms with Crippen molar-refractivity contribution in [2.24, 2.45) is 0 Å². The highest BCUT2D eigenvalue weighted by molar-refractivity contribution is 7.46. The Morgan fingerprint density at radius 1 is 1.55 bits per heavy atom. The third-order valence-electron chi connectivity index (χ3n) is 2.20. The Morgan fingerprint density at radius 2 is 2.30 bits per heavy atom. The molecule has 2 aromatic rings. The van der Waals surface area contributed by atoms with Gasteiger partial charge in [0.2, 0.25) is 5.95 Å². The Balaban J connectivity index is 1.97. The van der Waals surface area contributed by atoms with Crippen LogP contribution in [0.15, 0.2) is 11.1 Å². The molecule has 0 aliphatic heterocycles. The molecule has 20 heavy (non-hydrogen) atoms. The van der Waals surface area contributed by atoms with E-state index < -0.39 is 20.1 Å². The molecule has 0 spiro atoms. The highest BCUT2D eigenvalue weighted by Crippen LogP contribution is 2.42. The van der Waals surface area contributed by atoms with Gasteiger partial charge < -0.3 is 10.5 Å². The second kappa shape index (κ2) is 5.67. The number of imidazole rings is 1. The van der Waals surface area contributed by atoms with Gasteiger partial charge in [-0.2, -0.15) is 4.98 Å². The summed E-state index contributed by atoms with van der Waals surface area (Å²) in [6.07, 6.45) is 1.32. The van der Waals surface area contributed by atoms with Gasteiger partial charge in [-0.15, -0.1) is 4.20 Å². The SMILES string of the molecule is Nc1nc2c(ncn2COCCOP(=O)(O)F)c(=O)[nH]1. The number of ether oxygens (including phenoxy) is 1. The summed E-state index contributed by atoms with van der Waals surface area (Å²) < 4.78 is 32.8. The third kappa shape index (κ3) is 3.61. The monoisotopic (exact) mass is 307 g/mol. The quantitative estimate of drug-likeness (QED) is 0.489. The van der Waals surface area contributed by atoms with Crippen molar-refractivity contribution in [3.63, 3.8) is 0 Å². The first kappa shape index (κ1) is 14.6. The summed E-state index contributed by atoms with van der Waals surface area (Å²) in [6, 6.07) is 0. The second-order valence-corrected chi connectivity index (χ2v) is 4.82. The fourth-order valence-electron chi connectivity index (χ4n) is 1.44. The lowest BCUT2D eigenvalue weighted by Crippen LogP contribution is -2.13. The molecule has 110 valence electrons. The highest BCUT2D eigenvalue weighted by atomic mass is 31.2. The molecule has 0 bridgehead atoms. The van der Waals surface area contributed by atoms with Gasteiger partial charge in [-0.25, -0.2) is 9.55 Å². The predicted octanol–water partition coefficient (Wildman–Crippen LogP) is -0.238. The van der Waals surface area contributed by atoms with E-state index in [9.17, 15) is 13.6 Å². The Labute approximate surface area is 111 Å². The summed E-state index contributed by atoms with van der Waals surface area (Å²) >= 11 is 0. The number of fused-ring (bicyclic) bond motifs is 1. The van der Waals surface area contributed by atoms with Gasteiger partial charge in [0.15, 0.2) is 11.2 Å². The van der Waals surface area contributed by atoms with Crippen LogP contribution in [-0.2, 0) is 20.6 Å². The summed E-state index contributed by atoms with van der Waals surface area (Å²) in [5.74, 6) is -0.0637. The molecule has 0 aromatic carbocycles. The van der Waals surface area contributed by atoms with Crippen molar-refractivity contribution in [1.82, 2.24) is 19.5 Å². The lowest BCUT2D eigenvalue weighted by molar-refractivity contribution is 0.0501. The van der Waals surface area contributed by atoms with E-state index in [0.29, 0.717) is 0 Å². The third-order valence-corrected chi connectivity index (χ3v) is 2.70. The van der Waals surface area contributed by atoms with Crippen LogP contribution in [0.2, 0.25) is 0 Å². The first-order valence-electron chi connectivity index (χ1n) is 5.32. The smallest absolute Gasteiger partial charge is 0.369 e. The number of hydrogen-bond donors (Lipinski definition) is 3. The summed E-state index contributed by atoms with van der Waals surface area (Å²) in [5, 5.41) is 0. The van der Waals surface area contributed by atoms with Crippen LogP contribution in [0, 0.1) is 0 Å². The Morgan fingerprint density at radius 3 is 3.00 bits per heavy atom. The molecular weight excluding hydrogens is 296 g/mol. The van der Waals surface area contributed by atoms with Crippen molar-refractivity contribution < 1.29 is 22.9 Å². The lowest BCUT2D eigenvalue weighted by Gasteiger charge is -2.06. The van der Waals surface area contributed by atoms with Crippen LogP contribution in [0.1, 0.15) is 0 Å². The highest BCUT2D eigenvalue weighted by Gasteiger charge is 2.16. The number of nitrogen functional groups attached to an aromatic ring is 1. The van der Waals surface area contributed by atoms with Crippen LogP contribution in [0.5, 0.6) is 0 Å². The number of anilines is 1. The average molecular weight is 307 g/mol. The summed E-state index contributed by atoms with van der Waals surface area (Å²) in [4.78, 5) is 29.8. The van der Waals surface area contributed by atoms with Crippen LogP contribution in [-0.4, -0.2) is 37.6 Å². The largest absolute Gasteiger partial charge is 0.510 e. The number of nitrogens with two attached hydrogens (primary N) is 1. The van der Waals surface area contributed by atoms with E-state index in [1.165, 1.54) is 10.9 Å². The van der Waals surface area contributed by atoms with Gasteiger partial charge in [-0.1, -0.05) is 0 Å². The van der Waals surface area contributed by atoms with E-state index in [4.69, 9.17) is 15.4 Å². The van der Waals surface area contributed by atoms with Crippen LogP contribution in [0.3, 0.4) is 0 Å². The van der Waals surface area contributed by atoms with Gasteiger partial charge in [0.1, 0.15) is 6.73 Å². The van der Waals surface area contributed by atoms with Crippen LogP contribution in [0.4, 0.5) is 10.1 Å². The van der Waals surface area contributed by atoms with Crippen molar-refractivity contribution in [2.45, 2.75) is 6.73 Å². The molecule has 2 heterocycles. The lowest BCUT2D eigenvalue weighted by atomic mass is 10.5. The molecule has 0 saturated carbocycles. The molecule has 0 radical (unpaired) electrons. The Hall–Kier alpha value is -1.81. The molecule has 10 nitrogen and oxygen atoms in total. The molecule has 0 amide bonds. The molecule has 0 aliphatic carbocycles. The molecule has 2 rings (SSSR count). The van der Waals surface area contributed by atoms with Crippen molar-refractivity contribution in [2.75, 3.05) is 18.9 Å². The van der Waals surface area contributed by atoms with Gasteiger partial charge in [0, 0.05) is 0 Å². The number of hydrogen-bond acceptors (Lipinski definition) is 7. The minimum atomic E-state index is -4.99. The fourth-order valence-corrected chi connectivity index (χ4v) is 1.74. The fraction of sp³-hybridized carbons (Fsp3) is 0.375. The molecule has 0 aliphatic rings. The zero-order valence-corrected chi connectivity index (χ0v) is 10.9. The van der Waals surface area contributed by atoms with E-state index in [1.54, 1.807) is 0 Å². The van der Waals surface area contributed by atoms with Crippen molar-refractivity contribution in [1.29, 1.82) is 0 Å². The number of rotatable bonds is 6. The number of aromatic amines is 1. The van der Waals surface area contributed by atoms with Gasteiger partial charge in [0.05, 0.1) is 19.5 Å². The van der Waals surface area contributed by atoms with E-state index in [2.05, 4.69) is 19.5 Å².